The molecule has 0 saturated heterocycles. The number of hydrogen-bond acceptors (Lipinski definition) is 2. The highest BCUT2D eigenvalue weighted by Gasteiger charge is 2.20. The SMILES string of the molecule is CN=C(NCCOCC1CC1)N(C)Cc1ccccc1Br.I. The Morgan fingerprint density at radius 2 is 2.14 bits per heavy atom. The summed E-state index contributed by atoms with van der Waals surface area (Å²) in [6, 6.07) is 8.26. The van der Waals surface area contributed by atoms with Crippen LogP contribution in [-0.2, 0) is 11.3 Å². The van der Waals surface area contributed by atoms with Gasteiger partial charge in [0.05, 0.1) is 6.61 Å². The molecule has 0 atom stereocenters. The summed E-state index contributed by atoms with van der Waals surface area (Å²) in [5.74, 6) is 1.71. The van der Waals surface area contributed by atoms with Gasteiger partial charge in [-0.1, -0.05) is 34.1 Å². The quantitative estimate of drug-likeness (QED) is 0.280. The molecular formula is C16H25BrIN3O. The Kier molecular flexibility index (Phi) is 9.35. The van der Waals surface area contributed by atoms with Gasteiger partial charge in [0.2, 0.25) is 0 Å². The number of aliphatic imine (C=N–C) groups is 1. The molecule has 1 aliphatic rings. The summed E-state index contributed by atoms with van der Waals surface area (Å²) >= 11 is 3.58. The van der Waals surface area contributed by atoms with Crippen molar-refractivity contribution in [3.05, 3.63) is 34.3 Å². The molecule has 0 amide bonds. The number of halogens is 2. The van der Waals surface area contributed by atoms with E-state index in [-0.39, 0.29) is 24.0 Å². The standard InChI is InChI=1S/C16H24BrN3O.HI/c1-18-16(19-9-10-21-12-13-7-8-13)20(2)11-14-5-3-4-6-15(14)17;/h3-6,13H,7-12H2,1-2H3,(H,18,19);1H. The molecule has 1 fully saturated rings. The van der Waals surface area contributed by atoms with Crippen LogP contribution in [0.1, 0.15) is 18.4 Å². The van der Waals surface area contributed by atoms with Gasteiger partial charge in [-0.05, 0) is 30.4 Å². The molecule has 0 unspecified atom stereocenters. The maximum absolute atomic E-state index is 5.63. The second-order valence-electron chi connectivity index (χ2n) is 5.44. The summed E-state index contributed by atoms with van der Waals surface area (Å²) in [4.78, 5) is 6.43. The van der Waals surface area contributed by atoms with Crippen molar-refractivity contribution in [2.24, 2.45) is 10.9 Å². The summed E-state index contributed by atoms with van der Waals surface area (Å²) in [6.07, 6.45) is 2.67. The number of nitrogens with zero attached hydrogens (tertiary/aromatic N) is 2. The Hall–Kier alpha value is -0.340. The molecule has 0 bridgehead atoms. The molecule has 0 radical (unpaired) electrons. The third-order valence-corrected chi connectivity index (χ3v) is 4.29. The van der Waals surface area contributed by atoms with E-state index in [1.165, 1.54) is 18.4 Å². The minimum absolute atomic E-state index is 0. The van der Waals surface area contributed by atoms with E-state index < -0.39 is 0 Å². The number of guanidine groups is 1. The van der Waals surface area contributed by atoms with Crippen LogP contribution in [0.15, 0.2) is 33.7 Å². The van der Waals surface area contributed by atoms with E-state index in [9.17, 15) is 0 Å². The van der Waals surface area contributed by atoms with Crippen molar-refractivity contribution < 1.29 is 4.74 Å². The first-order valence-electron chi connectivity index (χ1n) is 7.43. The maximum Gasteiger partial charge on any atom is 0.193 e. The van der Waals surface area contributed by atoms with E-state index in [1.54, 1.807) is 0 Å². The summed E-state index contributed by atoms with van der Waals surface area (Å²) in [6.45, 7) is 3.25. The molecule has 1 saturated carbocycles. The van der Waals surface area contributed by atoms with Crippen LogP contribution in [0.25, 0.3) is 0 Å². The normalized spacial score (nSPS) is 14.4. The molecule has 1 N–H and O–H groups in total. The molecule has 4 nitrogen and oxygen atoms in total. The van der Waals surface area contributed by atoms with E-state index in [2.05, 4.69) is 49.3 Å². The number of nitrogens with one attached hydrogen (secondary N) is 1. The first-order chi connectivity index (χ1) is 10.2. The number of ether oxygens (including phenoxy) is 1. The van der Waals surface area contributed by atoms with Crippen molar-refractivity contribution in [1.82, 2.24) is 10.2 Å². The zero-order valence-electron chi connectivity index (χ0n) is 13.2. The van der Waals surface area contributed by atoms with E-state index in [1.807, 2.05) is 20.2 Å². The van der Waals surface area contributed by atoms with Gasteiger partial charge in [0.15, 0.2) is 5.96 Å². The second-order valence-corrected chi connectivity index (χ2v) is 6.29. The van der Waals surface area contributed by atoms with Crippen LogP contribution in [0.5, 0.6) is 0 Å². The Labute approximate surface area is 158 Å². The average molecular weight is 482 g/mol. The zero-order valence-corrected chi connectivity index (χ0v) is 17.1. The van der Waals surface area contributed by atoms with E-state index in [4.69, 9.17) is 4.74 Å². The molecule has 1 aromatic rings. The third-order valence-electron chi connectivity index (χ3n) is 3.52. The highest BCUT2D eigenvalue weighted by atomic mass is 127. The molecule has 0 heterocycles. The lowest BCUT2D eigenvalue weighted by atomic mass is 10.2. The monoisotopic (exact) mass is 481 g/mol. The fourth-order valence-corrected chi connectivity index (χ4v) is 2.52. The van der Waals surface area contributed by atoms with Gasteiger partial charge in [-0.2, -0.15) is 0 Å². The van der Waals surface area contributed by atoms with Crippen molar-refractivity contribution in [2.75, 3.05) is 33.9 Å². The van der Waals surface area contributed by atoms with Crippen LogP contribution in [0, 0.1) is 5.92 Å². The number of hydrogen-bond donors (Lipinski definition) is 1. The predicted molar refractivity (Wildman–Crippen MR) is 106 cm³/mol. The molecule has 0 aromatic heterocycles. The van der Waals surface area contributed by atoms with Crippen LogP contribution < -0.4 is 5.32 Å². The zero-order chi connectivity index (χ0) is 15.1. The lowest BCUT2D eigenvalue weighted by Gasteiger charge is -2.22. The Bertz CT molecular complexity index is 480. The van der Waals surface area contributed by atoms with Crippen LogP contribution in [0.2, 0.25) is 0 Å². The average Bonchev–Trinajstić information content (AvgIpc) is 3.29. The molecule has 22 heavy (non-hydrogen) atoms. The topological polar surface area (TPSA) is 36.9 Å². The fraction of sp³-hybridized carbons (Fsp3) is 0.562. The van der Waals surface area contributed by atoms with Gasteiger partial charge >= 0.3 is 0 Å². The number of rotatable bonds is 7. The lowest BCUT2D eigenvalue weighted by Crippen LogP contribution is -2.40. The minimum atomic E-state index is 0. The molecule has 1 aliphatic carbocycles. The highest BCUT2D eigenvalue weighted by molar-refractivity contribution is 14.0. The molecule has 124 valence electrons. The summed E-state index contributed by atoms with van der Waals surface area (Å²) in [5.41, 5.74) is 1.24. The summed E-state index contributed by atoms with van der Waals surface area (Å²) in [5, 5.41) is 3.34. The van der Waals surface area contributed by atoms with Crippen molar-refractivity contribution >= 4 is 45.9 Å². The first-order valence-corrected chi connectivity index (χ1v) is 8.23. The Morgan fingerprint density at radius 1 is 1.41 bits per heavy atom. The molecule has 6 heteroatoms. The molecule has 2 rings (SSSR count). The van der Waals surface area contributed by atoms with Gasteiger partial charge in [-0.25, -0.2) is 0 Å². The first kappa shape index (κ1) is 19.7. The Morgan fingerprint density at radius 3 is 2.77 bits per heavy atom. The van der Waals surface area contributed by atoms with Crippen LogP contribution in [-0.4, -0.2) is 44.7 Å². The number of benzene rings is 1. The third kappa shape index (κ3) is 6.83. The largest absolute Gasteiger partial charge is 0.379 e. The van der Waals surface area contributed by atoms with Crippen molar-refractivity contribution in [2.45, 2.75) is 19.4 Å². The van der Waals surface area contributed by atoms with Crippen LogP contribution in [0.4, 0.5) is 0 Å². The van der Waals surface area contributed by atoms with Crippen molar-refractivity contribution in [3.8, 4) is 0 Å². The van der Waals surface area contributed by atoms with Gasteiger partial charge in [0, 0.05) is 38.3 Å². The molecule has 1 aromatic carbocycles. The van der Waals surface area contributed by atoms with E-state index >= 15 is 0 Å². The molecule has 0 spiro atoms. The van der Waals surface area contributed by atoms with Crippen molar-refractivity contribution in [1.29, 1.82) is 0 Å². The van der Waals surface area contributed by atoms with Gasteiger partial charge in [0.25, 0.3) is 0 Å². The summed E-state index contributed by atoms with van der Waals surface area (Å²) in [7, 11) is 3.85. The predicted octanol–water partition coefficient (Wildman–Crippen LogP) is 3.50. The highest BCUT2D eigenvalue weighted by Crippen LogP contribution is 2.28. The van der Waals surface area contributed by atoms with E-state index in [0.717, 1.165) is 42.7 Å². The molecule has 0 aliphatic heterocycles. The second kappa shape index (κ2) is 10.4. The summed E-state index contributed by atoms with van der Waals surface area (Å²) < 4.78 is 6.75. The lowest BCUT2D eigenvalue weighted by molar-refractivity contribution is 0.128. The maximum atomic E-state index is 5.63. The smallest absolute Gasteiger partial charge is 0.193 e. The van der Waals surface area contributed by atoms with Crippen LogP contribution >= 0.6 is 39.9 Å². The minimum Gasteiger partial charge on any atom is -0.379 e. The molecular weight excluding hydrogens is 457 g/mol. The van der Waals surface area contributed by atoms with E-state index in [0.29, 0.717) is 0 Å². The fourth-order valence-electron chi connectivity index (χ4n) is 2.11. The van der Waals surface area contributed by atoms with Crippen molar-refractivity contribution in [3.63, 3.8) is 0 Å². The van der Waals surface area contributed by atoms with Crippen LogP contribution in [0.3, 0.4) is 0 Å². The van der Waals surface area contributed by atoms with Gasteiger partial charge < -0.3 is 15.0 Å². The Balaban J connectivity index is 0.00000242. The van der Waals surface area contributed by atoms with Gasteiger partial charge in [0.1, 0.15) is 0 Å². The van der Waals surface area contributed by atoms with Gasteiger partial charge in [-0.3, -0.25) is 4.99 Å². The van der Waals surface area contributed by atoms with Gasteiger partial charge in [-0.15, -0.1) is 24.0 Å².